The number of rotatable bonds is 3. The van der Waals surface area contributed by atoms with E-state index in [-0.39, 0.29) is 22.7 Å². The van der Waals surface area contributed by atoms with Crippen molar-refractivity contribution in [3.63, 3.8) is 0 Å². The summed E-state index contributed by atoms with van der Waals surface area (Å²) in [5.41, 5.74) is 5.70. The van der Waals surface area contributed by atoms with Crippen LogP contribution in [0.4, 0.5) is 4.39 Å². The molecule has 1 heterocycles. The van der Waals surface area contributed by atoms with E-state index < -0.39 is 5.82 Å². The molecule has 0 bridgehead atoms. The molecule has 1 aromatic carbocycles. The third-order valence-electron chi connectivity index (χ3n) is 2.48. The summed E-state index contributed by atoms with van der Waals surface area (Å²) in [6, 6.07) is 6.05. The second kappa shape index (κ2) is 5.05. The minimum Gasteiger partial charge on any atom is -0.389 e. The van der Waals surface area contributed by atoms with Crippen LogP contribution in [-0.4, -0.2) is 14.5 Å². The maximum Gasteiger partial charge on any atom is 0.253 e. The zero-order valence-electron chi connectivity index (χ0n) is 9.34. The Hall–Kier alpha value is -2.08. The highest BCUT2D eigenvalue weighted by Crippen LogP contribution is 2.13. The van der Waals surface area contributed by atoms with Crippen molar-refractivity contribution in [1.29, 1.82) is 0 Å². The van der Waals surface area contributed by atoms with Crippen molar-refractivity contribution in [2.75, 3.05) is 0 Å². The van der Waals surface area contributed by atoms with Gasteiger partial charge in [0.25, 0.3) is 5.56 Å². The van der Waals surface area contributed by atoms with E-state index in [1.807, 2.05) is 0 Å². The molecular weight excluding hydrogens is 253 g/mol. The van der Waals surface area contributed by atoms with Crippen LogP contribution >= 0.6 is 12.2 Å². The van der Waals surface area contributed by atoms with E-state index in [0.29, 0.717) is 5.56 Å². The number of nitrogens with two attached hydrogens (primary N) is 1. The van der Waals surface area contributed by atoms with Gasteiger partial charge in [-0.25, -0.2) is 9.37 Å². The molecule has 2 rings (SSSR count). The Morgan fingerprint density at radius 1 is 1.44 bits per heavy atom. The lowest BCUT2D eigenvalue weighted by atomic mass is 10.1. The normalized spacial score (nSPS) is 10.3. The minimum atomic E-state index is -0.499. The van der Waals surface area contributed by atoms with Crippen molar-refractivity contribution in [2.45, 2.75) is 6.54 Å². The molecule has 0 aliphatic carbocycles. The molecule has 92 valence electrons. The predicted octanol–water partition coefficient (Wildman–Crippen LogP) is 1.06. The van der Waals surface area contributed by atoms with Gasteiger partial charge in [0.05, 0.1) is 12.9 Å². The summed E-state index contributed by atoms with van der Waals surface area (Å²) in [4.78, 5) is 15.3. The van der Waals surface area contributed by atoms with E-state index in [9.17, 15) is 9.18 Å². The van der Waals surface area contributed by atoms with Crippen LogP contribution in [0.15, 0.2) is 41.6 Å². The molecule has 4 nitrogen and oxygen atoms in total. The average molecular weight is 263 g/mol. The van der Waals surface area contributed by atoms with Gasteiger partial charge in [0.1, 0.15) is 10.8 Å². The molecule has 0 fully saturated rings. The van der Waals surface area contributed by atoms with Crippen LogP contribution < -0.4 is 11.3 Å². The van der Waals surface area contributed by atoms with E-state index >= 15 is 0 Å². The van der Waals surface area contributed by atoms with Crippen molar-refractivity contribution in [3.8, 4) is 0 Å². The minimum absolute atomic E-state index is 0.00659. The zero-order valence-corrected chi connectivity index (χ0v) is 10.2. The van der Waals surface area contributed by atoms with Gasteiger partial charge < -0.3 is 5.73 Å². The summed E-state index contributed by atoms with van der Waals surface area (Å²) in [6.07, 6.45) is 2.75. The van der Waals surface area contributed by atoms with E-state index in [2.05, 4.69) is 4.98 Å². The van der Waals surface area contributed by atoms with E-state index in [1.165, 1.54) is 29.2 Å². The van der Waals surface area contributed by atoms with Gasteiger partial charge in [-0.15, -0.1) is 0 Å². The molecule has 0 radical (unpaired) electrons. The summed E-state index contributed by atoms with van der Waals surface area (Å²) in [5, 5.41) is 0. The first kappa shape index (κ1) is 12.4. The summed E-state index contributed by atoms with van der Waals surface area (Å²) in [6.45, 7) is 0.0922. The maximum atomic E-state index is 14.0. The van der Waals surface area contributed by atoms with Crippen molar-refractivity contribution in [2.24, 2.45) is 5.73 Å². The van der Waals surface area contributed by atoms with Crippen LogP contribution in [-0.2, 0) is 6.54 Å². The number of hydrogen-bond donors (Lipinski definition) is 1. The Labute approximate surface area is 108 Å². The van der Waals surface area contributed by atoms with E-state index in [1.54, 1.807) is 12.1 Å². The van der Waals surface area contributed by atoms with Crippen molar-refractivity contribution >= 4 is 17.2 Å². The number of aromatic nitrogens is 2. The molecule has 0 saturated carbocycles. The number of nitrogens with zero attached hydrogens (tertiary/aromatic N) is 2. The Morgan fingerprint density at radius 2 is 2.22 bits per heavy atom. The van der Waals surface area contributed by atoms with Crippen molar-refractivity contribution < 1.29 is 4.39 Å². The fraction of sp³-hybridized carbons (Fsp3) is 0.0833. The summed E-state index contributed by atoms with van der Waals surface area (Å²) < 4.78 is 15.3. The molecule has 0 atom stereocenters. The van der Waals surface area contributed by atoms with Gasteiger partial charge in [0.2, 0.25) is 0 Å². The Balaban J connectivity index is 2.42. The van der Waals surface area contributed by atoms with Gasteiger partial charge in [-0.2, -0.15) is 0 Å². The number of halogens is 1. The highest BCUT2D eigenvalue weighted by atomic mass is 32.1. The lowest BCUT2D eigenvalue weighted by molar-refractivity contribution is 0.592. The summed E-state index contributed by atoms with van der Waals surface area (Å²) in [7, 11) is 0. The molecule has 2 N–H and O–H groups in total. The number of thiocarbonyl (C=S) groups is 1. The molecule has 0 aliphatic heterocycles. The average Bonchev–Trinajstić information content (AvgIpc) is 2.34. The molecule has 0 amide bonds. The number of benzene rings is 1. The van der Waals surface area contributed by atoms with Crippen molar-refractivity contribution in [3.05, 3.63) is 64.1 Å². The molecule has 6 heteroatoms. The zero-order chi connectivity index (χ0) is 13.1. The van der Waals surface area contributed by atoms with E-state index in [4.69, 9.17) is 18.0 Å². The van der Waals surface area contributed by atoms with Crippen LogP contribution in [0.2, 0.25) is 0 Å². The van der Waals surface area contributed by atoms with Gasteiger partial charge in [-0.3, -0.25) is 9.36 Å². The fourth-order valence-corrected chi connectivity index (χ4v) is 1.73. The SMILES string of the molecule is NC(=S)c1cccc(Cn2cnccc2=O)c1F. The second-order valence-corrected chi connectivity index (χ2v) is 4.13. The highest BCUT2D eigenvalue weighted by molar-refractivity contribution is 7.80. The van der Waals surface area contributed by atoms with Gasteiger partial charge in [-0.05, 0) is 6.07 Å². The molecule has 0 unspecified atom stereocenters. The topological polar surface area (TPSA) is 60.9 Å². The number of hydrogen-bond acceptors (Lipinski definition) is 3. The van der Waals surface area contributed by atoms with Gasteiger partial charge in [0.15, 0.2) is 0 Å². The van der Waals surface area contributed by atoms with Gasteiger partial charge in [-0.1, -0.05) is 24.4 Å². The molecule has 1 aromatic heterocycles. The molecule has 2 aromatic rings. The molecule has 0 spiro atoms. The largest absolute Gasteiger partial charge is 0.389 e. The van der Waals surface area contributed by atoms with Gasteiger partial charge >= 0.3 is 0 Å². The lowest BCUT2D eigenvalue weighted by Crippen LogP contribution is -2.21. The summed E-state index contributed by atoms with van der Waals surface area (Å²) in [5.74, 6) is -0.499. The van der Waals surface area contributed by atoms with Crippen LogP contribution in [0.5, 0.6) is 0 Å². The van der Waals surface area contributed by atoms with Gasteiger partial charge in [0, 0.05) is 23.4 Å². The standard InChI is InChI=1S/C12H10FN3OS/c13-11-8(2-1-3-9(11)12(14)18)6-16-7-15-5-4-10(16)17/h1-5,7H,6H2,(H2,14,18). The smallest absolute Gasteiger partial charge is 0.253 e. The Bertz CT molecular complexity index is 654. The van der Waals surface area contributed by atoms with E-state index in [0.717, 1.165) is 0 Å². The molecule has 18 heavy (non-hydrogen) atoms. The van der Waals surface area contributed by atoms with Crippen molar-refractivity contribution in [1.82, 2.24) is 9.55 Å². The Kier molecular flexibility index (Phi) is 3.47. The van der Waals surface area contributed by atoms with Crippen LogP contribution in [0.3, 0.4) is 0 Å². The third-order valence-corrected chi connectivity index (χ3v) is 2.70. The first-order chi connectivity index (χ1) is 8.59. The third kappa shape index (κ3) is 2.43. The first-order valence-corrected chi connectivity index (χ1v) is 5.58. The fourth-order valence-electron chi connectivity index (χ4n) is 1.57. The van der Waals surface area contributed by atoms with Crippen LogP contribution in [0.1, 0.15) is 11.1 Å². The maximum absolute atomic E-state index is 14.0. The summed E-state index contributed by atoms with van der Waals surface area (Å²) >= 11 is 4.76. The highest BCUT2D eigenvalue weighted by Gasteiger charge is 2.10. The molecule has 0 saturated heterocycles. The first-order valence-electron chi connectivity index (χ1n) is 5.17. The lowest BCUT2D eigenvalue weighted by Gasteiger charge is -2.08. The Morgan fingerprint density at radius 3 is 2.89 bits per heavy atom. The predicted molar refractivity (Wildman–Crippen MR) is 69.9 cm³/mol. The quantitative estimate of drug-likeness (QED) is 0.841. The molecule has 0 aliphatic rings. The van der Waals surface area contributed by atoms with Crippen LogP contribution in [0, 0.1) is 5.82 Å². The monoisotopic (exact) mass is 263 g/mol. The second-order valence-electron chi connectivity index (χ2n) is 3.69. The van der Waals surface area contributed by atoms with Crippen LogP contribution in [0.25, 0.3) is 0 Å². The molecular formula is C12H10FN3OS.